The summed E-state index contributed by atoms with van der Waals surface area (Å²) < 4.78 is 0. The Morgan fingerprint density at radius 3 is 2.55 bits per heavy atom. The lowest BCUT2D eigenvalue weighted by molar-refractivity contribution is -0.153. The number of aliphatic hydroxyl groups excluding tert-OH is 1. The Kier molecular flexibility index (Phi) is 1.57. The van der Waals surface area contributed by atoms with Crippen molar-refractivity contribution in [2.24, 2.45) is 0 Å². The molecule has 1 rings (SSSR count). The number of carbonyl (C=O) groups excluding carboxylic acids is 2. The van der Waals surface area contributed by atoms with E-state index in [4.69, 9.17) is 10.2 Å². The van der Waals surface area contributed by atoms with Gasteiger partial charge in [-0.1, -0.05) is 0 Å². The van der Waals surface area contributed by atoms with E-state index in [0.29, 0.717) is 0 Å². The number of rotatable bonds is 0. The maximum absolute atomic E-state index is 10.8. The van der Waals surface area contributed by atoms with Gasteiger partial charge in [0.05, 0.1) is 0 Å². The van der Waals surface area contributed by atoms with Crippen LogP contribution in [0.4, 0.5) is 4.79 Å². The van der Waals surface area contributed by atoms with Crippen LogP contribution >= 0.6 is 0 Å². The molecular weight excluding hydrogens is 152 g/mol. The molecular formula is C5H8N2O4. The van der Waals surface area contributed by atoms with Crippen LogP contribution in [0, 0.1) is 0 Å². The first-order valence-corrected chi connectivity index (χ1v) is 2.97. The van der Waals surface area contributed by atoms with Gasteiger partial charge < -0.3 is 15.5 Å². The van der Waals surface area contributed by atoms with Gasteiger partial charge in [-0.3, -0.25) is 10.1 Å². The predicted molar refractivity (Wildman–Crippen MR) is 33.3 cm³/mol. The highest BCUT2D eigenvalue weighted by Crippen LogP contribution is 2.10. The molecule has 0 aromatic heterocycles. The molecule has 1 heterocycles. The van der Waals surface area contributed by atoms with Crippen LogP contribution in [0.5, 0.6) is 0 Å². The van der Waals surface area contributed by atoms with Crippen molar-refractivity contribution < 1.29 is 19.8 Å². The third kappa shape index (κ3) is 1.17. The molecule has 4 N–H and O–H groups in total. The molecule has 0 aromatic rings. The average molecular weight is 160 g/mol. The number of aliphatic hydroxyl groups is 2. The molecule has 0 bridgehead atoms. The van der Waals surface area contributed by atoms with Gasteiger partial charge in [0.15, 0.2) is 11.8 Å². The van der Waals surface area contributed by atoms with Crippen LogP contribution in [-0.2, 0) is 4.79 Å². The van der Waals surface area contributed by atoms with Gasteiger partial charge in [0, 0.05) is 0 Å². The molecule has 3 amide bonds. The highest BCUT2D eigenvalue weighted by Gasteiger charge is 2.44. The van der Waals surface area contributed by atoms with Gasteiger partial charge in [-0.25, -0.2) is 4.79 Å². The van der Waals surface area contributed by atoms with Gasteiger partial charge in [0.2, 0.25) is 0 Å². The van der Waals surface area contributed by atoms with E-state index < -0.39 is 23.8 Å². The number of urea groups is 1. The zero-order valence-electron chi connectivity index (χ0n) is 5.79. The molecule has 0 saturated carbocycles. The van der Waals surface area contributed by atoms with Crippen molar-refractivity contribution in [1.29, 1.82) is 0 Å². The van der Waals surface area contributed by atoms with E-state index in [1.165, 1.54) is 0 Å². The minimum absolute atomic E-state index is 0.811. The lowest BCUT2D eigenvalue weighted by atomic mass is 10.0. The van der Waals surface area contributed by atoms with Gasteiger partial charge in [0.1, 0.15) is 0 Å². The quantitative estimate of drug-likeness (QED) is 0.326. The summed E-state index contributed by atoms with van der Waals surface area (Å²) in [5.41, 5.74) is -1.95. The van der Waals surface area contributed by atoms with Gasteiger partial charge in [0.25, 0.3) is 5.91 Å². The van der Waals surface area contributed by atoms with Crippen LogP contribution in [-0.4, -0.2) is 34.0 Å². The highest BCUT2D eigenvalue weighted by molar-refractivity contribution is 6.01. The fourth-order valence-corrected chi connectivity index (χ4v) is 0.655. The third-order valence-corrected chi connectivity index (χ3v) is 1.49. The van der Waals surface area contributed by atoms with E-state index >= 15 is 0 Å². The van der Waals surface area contributed by atoms with Crippen LogP contribution in [0.3, 0.4) is 0 Å². The Labute approximate surface area is 62.2 Å². The van der Waals surface area contributed by atoms with Crippen LogP contribution in [0.1, 0.15) is 6.92 Å². The minimum atomic E-state index is -1.95. The fourth-order valence-electron chi connectivity index (χ4n) is 0.655. The van der Waals surface area contributed by atoms with Crippen LogP contribution in [0.15, 0.2) is 0 Å². The number of nitrogens with one attached hydrogen (secondary N) is 2. The highest BCUT2D eigenvalue weighted by atomic mass is 16.4. The molecule has 1 fully saturated rings. The molecule has 6 heteroatoms. The third-order valence-electron chi connectivity index (χ3n) is 1.49. The number of carbonyl (C=O) groups is 2. The number of amides is 3. The van der Waals surface area contributed by atoms with E-state index in [0.717, 1.165) is 6.92 Å². The van der Waals surface area contributed by atoms with Crippen LogP contribution < -0.4 is 10.6 Å². The van der Waals surface area contributed by atoms with Gasteiger partial charge >= 0.3 is 6.03 Å². The Bertz CT molecular complexity index is 213. The monoisotopic (exact) mass is 160 g/mol. The molecule has 11 heavy (non-hydrogen) atoms. The molecule has 0 radical (unpaired) electrons. The molecule has 62 valence electrons. The molecule has 1 saturated heterocycles. The van der Waals surface area contributed by atoms with Gasteiger partial charge in [-0.05, 0) is 6.92 Å². The lowest BCUT2D eigenvalue weighted by Gasteiger charge is -2.32. The Morgan fingerprint density at radius 1 is 1.55 bits per heavy atom. The smallest absolute Gasteiger partial charge is 0.323 e. The number of hydrogen-bond acceptors (Lipinski definition) is 4. The largest absolute Gasteiger partial charge is 0.376 e. The molecule has 1 aliphatic heterocycles. The second-order valence-electron chi connectivity index (χ2n) is 2.48. The van der Waals surface area contributed by atoms with Crippen molar-refractivity contribution in [3.63, 3.8) is 0 Å². The molecule has 0 aromatic carbocycles. The summed E-state index contributed by atoms with van der Waals surface area (Å²) in [6.45, 7) is 1.10. The maximum atomic E-state index is 10.8. The second-order valence-corrected chi connectivity index (χ2v) is 2.48. The van der Waals surface area contributed by atoms with Crippen LogP contribution in [0.2, 0.25) is 0 Å². The Hall–Kier alpha value is -1.14. The first-order chi connectivity index (χ1) is 4.94. The van der Waals surface area contributed by atoms with Crippen molar-refractivity contribution in [2.75, 3.05) is 0 Å². The summed E-state index contributed by atoms with van der Waals surface area (Å²) in [7, 11) is 0. The van der Waals surface area contributed by atoms with Gasteiger partial charge in [-0.15, -0.1) is 0 Å². The summed E-state index contributed by atoms with van der Waals surface area (Å²) >= 11 is 0. The number of imide groups is 1. The van der Waals surface area contributed by atoms with Crippen molar-refractivity contribution in [3.05, 3.63) is 0 Å². The summed E-state index contributed by atoms with van der Waals surface area (Å²) in [6, 6.07) is -0.811. The van der Waals surface area contributed by atoms with Gasteiger partial charge in [-0.2, -0.15) is 0 Å². The zero-order chi connectivity index (χ0) is 8.65. The summed E-state index contributed by atoms with van der Waals surface area (Å²) in [5, 5.41) is 21.8. The van der Waals surface area contributed by atoms with E-state index in [9.17, 15) is 9.59 Å². The summed E-state index contributed by atoms with van der Waals surface area (Å²) in [5.74, 6) is -0.909. The normalized spacial score (nSPS) is 37.9. The van der Waals surface area contributed by atoms with Crippen molar-refractivity contribution >= 4 is 11.9 Å². The molecule has 2 atom stereocenters. The number of hydrogen-bond donors (Lipinski definition) is 4. The molecule has 1 unspecified atom stereocenters. The van der Waals surface area contributed by atoms with Crippen LogP contribution in [0.25, 0.3) is 0 Å². The van der Waals surface area contributed by atoms with E-state index in [1.54, 1.807) is 5.32 Å². The maximum Gasteiger partial charge on any atom is 0.323 e. The van der Waals surface area contributed by atoms with Crippen molar-refractivity contribution in [1.82, 2.24) is 10.6 Å². The predicted octanol–water partition coefficient (Wildman–Crippen LogP) is -2.10. The Morgan fingerprint density at radius 2 is 2.09 bits per heavy atom. The van der Waals surface area contributed by atoms with E-state index in [-0.39, 0.29) is 0 Å². The molecule has 0 aliphatic carbocycles. The topological polar surface area (TPSA) is 98.7 Å². The van der Waals surface area contributed by atoms with Crippen molar-refractivity contribution in [3.8, 4) is 0 Å². The molecule has 1 aliphatic rings. The zero-order valence-corrected chi connectivity index (χ0v) is 5.79. The standard InChI is InChI=1S/C5H8N2O4/c1-5(11)2(8)6-4(10)7-3(5)9/h2,8,11H,1H3,(H2,6,7,9,10)/t2-,5?/m0/s1. The molecule has 6 nitrogen and oxygen atoms in total. The van der Waals surface area contributed by atoms with Crippen molar-refractivity contribution in [2.45, 2.75) is 18.8 Å². The first-order valence-electron chi connectivity index (χ1n) is 2.97. The lowest BCUT2D eigenvalue weighted by Crippen LogP contribution is -2.67. The second kappa shape index (κ2) is 2.18. The molecule has 0 spiro atoms. The van der Waals surface area contributed by atoms with E-state index in [2.05, 4.69) is 0 Å². The summed E-state index contributed by atoms with van der Waals surface area (Å²) in [6.07, 6.45) is -1.55. The summed E-state index contributed by atoms with van der Waals surface area (Å²) in [4.78, 5) is 21.2. The fraction of sp³-hybridized carbons (Fsp3) is 0.600. The van der Waals surface area contributed by atoms with E-state index in [1.807, 2.05) is 5.32 Å². The average Bonchev–Trinajstić information content (AvgIpc) is 1.84. The SMILES string of the molecule is CC1(O)C(=O)NC(=O)N[C@H]1O. The minimum Gasteiger partial charge on any atom is -0.376 e. The Balaban J connectivity index is 2.84. The first kappa shape index (κ1) is 7.96.